The lowest BCUT2D eigenvalue weighted by atomic mass is 10.1. The summed E-state index contributed by atoms with van der Waals surface area (Å²) in [5.41, 5.74) is 1.90. The molecule has 0 fully saturated rings. The zero-order valence-corrected chi connectivity index (χ0v) is 18.0. The van der Waals surface area contributed by atoms with E-state index in [1.54, 1.807) is 48.9 Å². The fourth-order valence-corrected chi connectivity index (χ4v) is 5.12. The number of ether oxygens (including phenoxy) is 1. The van der Waals surface area contributed by atoms with Crippen molar-refractivity contribution in [3.63, 3.8) is 0 Å². The van der Waals surface area contributed by atoms with Crippen LogP contribution in [0, 0.1) is 0 Å². The molecule has 0 bridgehead atoms. The van der Waals surface area contributed by atoms with Gasteiger partial charge in [0, 0.05) is 12.6 Å². The van der Waals surface area contributed by atoms with Crippen molar-refractivity contribution in [2.24, 2.45) is 0 Å². The first-order valence-corrected chi connectivity index (χ1v) is 11.2. The van der Waals surface area contributed by atoms with Crippen LogP contribution in [0.15, 0.2) is 70.3 Å². The maximum absolute atomic E-state index is 12.6. The minimum atomic E-state index is -3.60. The number of carbonyl (C=O) groups excluding carboxylic acids is 1. The van der Waals surface area contributed by atoms with Crippen molar-refractivity contribution in [2.75, 3.05) is 18.5 Å². The lowest BCUT2D eigenvalue weighted by Crippen LogP contribution is -2.27. The van der Waals surface area contributed by atoms with Crippen LogP contribution < -0.4 is 14.4 Å². The maximum Gasteiger partial charge on any atom is 0.273 e. The summed E-state index contributed by atoms with van der Waals surface area (Å²) in [6.45, 7) is 1.90. The number of sulfonamides is 1. The fraction of sp³-hybridized carbons (Fsp3) is 0.190. The number of carbonyl (C=O) groups is 1. The first-order chi connectivity index (χ1) is 13.8. The quantitative estimate of drug-likeness (QED) is 0.613. The average Bonchev–Trinajstić information content (AvgIpc) is 3.29. The van der Waals surface area contributed by atoms with Gasteiger partial charge in [0.15, 0.2) is 0 Å². The molecule has 6 nitrogen and oxygen atoms in total. The third-order valence-corrected chi connectivity index (χ3v) is 7.72. The van der Waals surface area contributed by atoms with E-state index < -0.39 is 10.0 Å². The highest BCUT2D eigenvalue weighted by atomic mass is 32.2. The van der Waals surface area contributed by atoms with Gasteiger partial charge in [-0.05, 0) is 60.3 Å². The van der Waals surface area contributed by atoms with Crippen molar-refractivity contribution < 1.29 is 17.9 Å². The minimum Gasteiger partial charge on any atom is -0.497 e. The molecular formula is C21H22N2O4S2. The van der Waals surface area contributed by atoms with E-state index in [9.17, 15) is 13.2 Å². The van der Waals surface area contributed by atoms with Crippen molar-refractivity contribution in [3.05, 3.63) is 77.2 Å². The van der Waals surface area contributed by atoms with Gasteiger partial charge >= 0.3 is 0 Å². The molecule has 1 aromatic heterocycles. The third kappa shape index (κ3) is 4.60. The van der Waals surface area contributed by atoms with Crippen LogP contribution in [-0.4, -0.2) is 28.5 Å². The van der Waals surface area contributed by atoms with Crippen molar-refractivity contribution >= 4 is 33.0 Å². The lowest BCUT2D eigenvalue weighted by Gasteiger charge is -2.19. The summed E-state index contributed by atoms with van der Waals surface area (Å²) < 4.78 is 31.8. The predicted molar refractivity (Wildman–Crippen MR) is 115 cm³/mol. The molecule has 0 saturated heterocycles. The van der Waals surface area contributed by atoms with Crippen LogP contribution in [0.1, 0.15) is 28.9 Å². The van der Waals surface area contributed by atoms with E-state index >= 15 is 0 Å². The first-order valence-electron chi connectivity index (χ1n) is 8.90. The number of hydrogen-bond acceptors (Lipinski definition) is 5. The predicted octanol–water partition coefficient (Wildman–Crippen LogP) is 4.07. The molecule has 1 unspecified atom stereocenters. The van der Waals surface area contributed by atoms with Crippen LogP contribution in [0.4, 0.5) is 5.69 Å². The third-order valence-electron chi connectivity index (χ3n) is 4.57. The number of anilines is 1. The molecule has 3 rings (SSSR count). The second kappa shape index (κ2) is 8.67. The molecule has 3 aromatic rings. The monoisotopic (exact) mass is 430 g/mol. The second-order valence-electron chi connectivity index (χ2n) is 6.42. The largest absolute Gasteiger partial charge is 0.497 e. The Balaban J connectivity index is 1.69. The van der Waals surface area contributed by atoms with Gasteiger partial charge < -0.3 is 10.1 Å². The Labute approximate surface area is 174 Å². The highest BCUT2D eigenvalue weighted by molar-refractivity contribution is 7.94. The van der Waals surface area contributed by atoms with Crippen molar-refractivity contribution in [3.8, 4) is 5.75 Å². The van der Waals surface area contributed by atoms with Gasteiger partial charge in [-0.25, -0.2) is 8.42 Å². The number of benzene rings is 2. The zero-order chi connectivity index (χ0) is 21.0. The van der Waals surface area contributed by atoms with E-state index in [-0.39, 0.29) is 16.2 Å². The molecule has 0 aliphatic heterocycles. The maximum atomic E-state index is 12.6. The van der Waals surface area contributed by atoms with E-state index in [1.165, 1.54) is 22.7 Å². The molecule has 0 saturated carbocycles. The molecule has 2 aromatic carbocycles. The van der Waals surface area contributed by atoms with Crippen LogP contribution in [-0.2, 0) is 10.0 Å². The van der Waals surface area contributed by atoms with Crippen LogP contribution in [0.25, 0.3) is 0 Å². The fourth-order valence-electron chi connectivity index (χ4n) is 2.76. The highest BCUT2D eigenvalue weighted by Gasteiger charge is 2.22. The molecule has 29 heavy (non-hydrogen) atoms. The number of nitrogens with one attached hydrogen (secondary N) is 1. The Morgan fingerprint density at radius 2 is 1.72 bits per heavy atom. The SMILES string of the molecule is COc1ccc(C(C)NC(=O)c2ccc(N(C)S(=O)(=O)c3cccs3)cc2)cc1. The summed E-state index contributed by atoms with van der Waals surface area (Å²) >= 11 is 1.17. The minimum absolute atomic E-state index is 0.185. The number of thiophene rings is 1. The van der Waals surface area contributed by atoms with Gasteiger partial charge in [-0.3, -0.25) is 9.10 Å². The molecule has 1 atom stereocenters. The molecule has 1 heterocycles. The van der Waals surface area contributed by atoms with Gasteiger partial charge in [0.25, 0.3) is 15.9 Å². The van der Waals surface area contributed by atoms with E-state index in [4.69, 9.17) is 4.74 Å². The molecule has 8 heteroatoms. The van der Waals surface area contributed by atoms with Crippen LogP contribution >= 0.6 is 11.3 Å². The van der Waals surface area contributed by atoms with Gasteiger partial charge in [-0.15, -0.1) is 11.3 Å². The average molecular weight is 431 g/mol. The molecule has 1 N–H and O–H groups in total. The lowest BCUT2D eigenvalue weighted by molar-refractivity contribution is 0.0940. The van der Waals surface area contributed by atoms with E-state index in [0.717, 1.165) is 11.3 Å². The summed E-state index contributed by atoms with van der Waals surface area (Å²) in [5, 5.41) is 4.66. The normalized spacial score (nSPS) is 12.2. The molecular weight excluding hydrogens is 408 g/mol. The van der Waals surface area contributed by atoms with Crippen LogP contribution in [0.2, 0.25) is 0 Å². The Morgan fingerprint density at radius 1 is 1.07 bits per heavy atom. The summed E-state index contributed by atoms with van der Waals surface area (Å²) in [6, 6.07) is 17.0. The summed E-state index contributed by atoms with van der Waals surface area (Å²) in [6.07, 6.45) is 0. The van der Waals surface area contributed by atoms with Gasteiger partial charge in [-0.2, -0.15) is 0 Å². The first kappa shape index (κ1) is 20.9. The highest BCUT2D eigenvalue weighted by Crippen LogP contribution is 2.25. The Hall–Kier alpha value is -2.84. The van der Waals surface area contributed by atoms with E-state index in [2.05, 4.69) is 5.32 Å². The van der Waals surface area contributed by atoms with Gasteiger partial charge in [0.2, 0.25) is 0 Å². The number of amides is 1. The Morgan fingerprint density at radius 3 is 2.28 bits per heavy atom. The Kier molecular flexibility index (Phi) is 6.24. The van der Waals surface area contributed by atoms with Gasteiger partial charge in [0.1, 0.15) is 9.96 Å². The number of nitrogens with zero attached hydrogens (tertiary/aromatic N) is 1. The summed E-state index contributed by atoms with van der Waals surface area (Å²) in [5.74, 6) is 0.521. The standard InChI is InChI=1S/C21H22N2O4S2/c1-15(16-8-12-19(27-3)13-9-16)22-21(24)17-6-10-18(11-7-17)23(2)29(25,26)20-5-4-14-28-20/h4-15H,1-3H3,(H,22,24). The smallest absolute Gasteiger partial charge is 0.273 e. The molecule has 0 spiro atoms. The number of rotatable bonds is 7. The molecule has 152 valence electrons. The van der Waals surface area contributed by atoms with Crippen molar-refractivity contribution in [2.45, 2.75) is 17.2 Å². The summed E-state index contributed by atoms with van der Waals surface area (Å²) in [7, 11) is -0.501. The van der Waals surface area contributed by atoms with Crippen LogP contribution in [0.5, 0.6) is 5.75 Å². The topological polar surface area (TPSA) is 75.7 Å². The van der Waals surface area contributed by atoms with E-state index in [0.29, 0.717) is 11.3 Å². The van der Waals surface area contributed by atoms with Crippen LogP contribution in [0.3, 0.4) is 0 Å². The molecule has 0 aliphatic carbocycles. The molecule has 1 amide bonds. The number of hydrogen-bond donors (Lipinski definition) is 1. The van der Waals surface area contributed by atoms with E-state index in [1.807, 2.05) is 31.2 Å². The van der Waals surface area contributed by atoms with Gasteiger partial charge in [-0.1, -0.05) is 18.2 Å². The van der Waals surface area contributed by atoms with Crippen molar-refractivity contribution in [1.29, 1.82) is 0 Å². The van der Waals surface area contributed by atoms with Gasteiger partial charge in [0.05, 0.1) is 18.8 Å². The Bertz CT molecular complexity index is 1060. The van der Waals surface area contributed by atoms with Crippen molar-refractivity contribution in [1.82, 2.24) is 5.32 Å². The molecule has 0 aliphatic rings. The summed E-state index contributed by atoms with van der Waals surface area (Å²) in [4.78, 5) is 12.6. The zero-order valence-electron chi connectivity index (χ0n) is 16.3. The molecule has 0 radical (unpaired) electrons. The second-order valence-corrected chi connectivity index (χ2v) is 9.56. The number of methoxy groups -OCH3 is 1.